The SMILES string of the molecule is CCC[CH2][Sn]([CH2]CCC)([CH2]CCC)[N]=[N+]=[N-].COCOn1ncc2cc(CBr)ccc21.COCOn1ncc2cc(CC#N)ccc21.COCOn1ncc2cc(Cc3nn[nH]n3)ccc21.Cc1ccc([N+](=O)[O-])c(CBr)c1.Cc1ccc([N+](=O)[O-])cc1.Cc1ccc2c(cnn2O)c1.O=C=O. The van der Waals surface area contributed by atoms with Gasteiger partial charge in [0, 0.05) is 83.7 Å². The maximum absolute atomic E-state index is 10.5. The van der Waals surface area contributed by atoms with Gasteiger partial charge in [0.25, 0.3) is 11.4 Å². The number of methoxy groups -OCH3 is 3. The van der Waals surface area contributed by atoms with E-state index in [1.807, 2.05) is 93.6 Å². The van der Waals surface area contributed by atoms with Crippen molar-refractivity contribution in [3.63, 3.8) is 0 Å². The first-order valence-electron chi connectivity index (χ1n) is 32.0. The van der Waals surface area contributed by atoms with Crippen molar-refractivity contribution in [2.75, 3.05) is 41.7 Å². The summed E-state index contributed by atoms with van der Waals surface area (Å²) in [5, 5.41) is 73.5. The summed E-state index contributed by atoms with van der Waals surface area (Å²) in [5.41, 5.74) is 19.8. The van der Waals surface area contributed by atoms with E-state index >= 15 is 0 Å². The van der Waals surface area contributed by atoms with Gasteiger partial charge in [0.1, 0.15) is 22.1 Å². The molecule has 0 amide bonds. The van der Waals surface area contributed by atoms with Crippen LogP contribution >= 0.6 is 31.9 Å². The van der Waals surface area contributed by atoms with E-state index < -0.39 is 23.6 Å². The van der Waals surface area contributed by atoms with Crippen LogP contribution in [0.4, 0.5) is 11.4 Å². The number of nitrogens with zero attached hydrogens (tertiary/aromatic N) is 17. The molecule has 0 atom stereocenters. The molecule has 0 radical (unpaired) electrons. The zero-order valence-corrected chi connectivity index (χ0v) is 64.3. The second-order valence-corrected chi connectivity index (χ2v) is 35.3. The minimum absolute atomic E-state index is 0.144. The van der Waals surface area contributed by atoms with Crippen LogP contribution in [-0.4, -0.2) is 142 Å². The number of azide groups is 1. The summed E-state index contributed by atoms with van der Waals surface area (Å²) in [6, 6.07) is 37.1. The first-order valence-corrected chi connectivity index (χ1v) is 41.5. The maximum Gasteiger partial charge on any atom is 0.373 e. The molecule has 5 heterocycles. The van der Waals surface area contributed by atoms with Crippen molar-refractivity contribution in [3.05, 3.63) is 215 Å². The number of aryl methyl sites for hydroxylation is 3. The van der Waals surface area contributed by atoms with E-state index in [4.69, 9.17) is 54.3 Å². The largest absolute Gasteiger partial charge is 0.411 e. The Labute approximate surface area is 610 Å². The first kappa shape index (κ1) is 84.5. The van der Waals surface area contributed by atoms with Gasteiger partial charge >= 0.3 is 111 Å². The van der Waals surface area contributed by atoms with Crippen molar-refractivity contribution in [2.45, 2.75) is 117 Å². The summed E-state index contributed by atoms with van der Waals surface area (Å²) in [4.78, 5) is 60.2. The second kappa shape index (κ2) is 47.2. The van der Waals surface area contributed by atoms with Gasteiger partial charge in [-0.05, 0) is 92.1 Å². The second-order valence-electron chi connectivity index (χ2n) is 22.3. The van der Waals surface area contributed by atoms with E-state index in [-0.39, 0.29) is 42.8 Å². The minimum atomic E-state index is -2.45. The average Bonchev–Trinajstić information content (AvgIpc) is 1.68. The van der Waals surface area contributed by atoms with Gasteiger partial charge in [-0.2, -0.15) is 20.1 Å². The number of hydrogen-bond donors (Lipinski definition) is 2. The smallest absolute Gasteiger partial charge is 0.373 e. The Morgan fingerprint density at radius 1 is 0.608 bits per heavy atom. The third kappa shape index (κ3) is 28.6. The Morgan fingerprint density at radius 2 is 1.05 bits per heavy atom. The number of alkyl halides is 2. The molecule has 0 bridgehead atoms. The minimum Gasteiger partial charge on any atom is -0.411 e. The van der Waals surface area contributed by atoms with Crippen molar-refractivity contribution < 1.29 is 53.4 Å². The van der Waals surface area contributed by atoms with Gasteiger partial charge in [-0.15, -0.1) is 35.4 Å². The van der Waals surface area contributed by atoms with Crippen LogP contribution in [0.5, 0.6) is 0 Å². The summed E-state index contributed by atoms with van der Waals surface area (Å²) in [6.07, 6.45) is 15.6. The number of nitrogens with one attached hydrogen (secondary N) is 1. The number of tetrazole rings is 1. The van der Waals surface area contributed by atoms with Crippen LogP contribution in [-0.2, 0) is 47.3 Å². The first-order chi connectivity index (χ1) is 49.3. The number of nitro groups is 2. The maximum atomic E-state index is 10.5. The molecule has 34 heteroatoms. The molecule has 31 nitrogen and oxygen atoms in total. The number of hydrogen-bond acceptors (Lipinski definition) is 22. The number of benzene rings is 6. The zero-order chi connectivity index (χ0) is 74.7. The Hall–Kier alpha value is -9.91. The van der Waals surface area contributed by atoms with Crippen LogP contribution in [0.25, 0.3) is 54.1 Å². The molecule has 11 rings (SSSR count). The summed E-state index contributed by atoms with van der Waals surface area (Å²) >= 11 is 4.17. The molecule has 0 unspecified atom stereocenters. The van der Waals surface area contributed by atoms with E-state index in [2.05, 4.69) is 114 Å². The predicted molar refractivity (Wildman–Crippen MR) is 393 cm³/mol. The van der Waals surface area contributed by atoms with Crippen molar-refractivity contribution in [1.82, 2.24) is 60.4 Å². The quantitative estimate of drug-likeness (QED) is 0.00585. The standard InChI is InChI=1S/C11H12N6O2.C11H11N3O2.C10H11BrN2O2.C8H8BrNO2.C8H8N2O.C7H7NO2.3C4H9.CO2.N3.Sn/c1-18-7-19-17-10-3-2-8(4-9(10)6-12-17)5-11-13-15-16-14-11;1-15-8-16-14-11-3-2-9(4-5-12)6-10(11)7-13-14;1-14-7-15-13-10-3-2-8(5-11)4-9(10)6-12-13;1-6-2-3-8(10(11)12)7(4-6)5-9;1-6-2-3-8-7(4-6)5-9-10(8)11;1-6-2-4-7(5-3-6)8(9)10;3*1-3-4-2;2-1-3;1-3-2;/h2-4,6H,5,7H2,1H3,(H,13,14,15,16);2-3,6-7H,4,8H2,1H3;2-4,6H,5,7H2,1H3;2-4H,5H2,1H3;2-5,11H,1H3;2-5H,1H3;3*1,3-4H2,2H3;;;/q;;;;;;;;;;-1;+1. The van der Waals surface area contributed by atoms with Crippen LogP contribution in [0.3, 0.4) is 0 Å². The molecule has 0 aliphatic rings. The number of nitro benzene ring substituents is 2. The fourth-order valence-electron chi connectivity index (χ4n) is 9.57. The number of H-pyrrole nitrogens is 1. The van der Waals surface area contributed by atoms with Gasteiger partial charge < -0.3 is 33.9 Å². The third-order valence-corrected chi connectivity index (χ3v) is 28.3. The molecular weight excluding hydrogens is 1560 g/mol. The molecule has 6 aromatic carbocycles. The zero-order valence-electron chi connectivity index (χ0n) is 58.3. The number of fused-ring (bicyclic) bond motifs is 4. The molecule has 2 N–H and O–H groups in total. The van der Waals surface area contributed by atoms with Crippen molar-refractivity contribution >= 4 is 112 Å². The summed E-state index contributed by atoms with van der Waals surface area (Å²) in [5.74, 6) is 0.655. The van der Waals surface area contributed by atoms with Crippen LogP contribution in [0.15, 0.2) is 143 Å². The van der Waals surface area contributed by atoms with Crippen molar-refractivity contribution in [1.29, 1.82) is 5.26 Å². The monoisotopic (exact) mass is 1640 g/mol. The number of aromatic amines is 1. The topological polar surface area (TPSA) is 394 Å². The molecule has 0 spiro atoms. The average molecular weight is 1640 g/mol. The summed E-state index contributed by atoms with van der Waals surface area (Å²) in [7, 11) is 4.69. The van der Waals surface area contributed by atoms with Crippen LogP contribution < -0.4 is 14.5 Å². The van der Waals surface area contributed by atoms with E-state index in [9.17, 15) is 20.2 Å². The molecular formula is C68H84Br2N18O13Sn. The van der Waals surface area contributed by atoms with E-state index in [1.54, 1.807) is 64.3 Å². The molecule has 11 aromatic rings. The van der Waals surface area contributed by atoms with Crippen LogP contribution in [0, 0.1) is 52.3 Å². The van der Waals surface area contributed by atoms with E-state index in [0.29, 0.717) is 24.0 Å². The summed E-state index contributed by atoms with van der Waals surface area (Å²) in [6.45, 7) is 13.0. The molecule has 102 heavy (non-hydrogen) atoms. The number of ether oxygens (including phenoxy) is 3. The molecule has 0 saturated carbocycles. The van der Waals surface area contributed by atoms with Crippen molar-refractivity contribution in [3.8, 4) is 6.07 Å². The number of nitriles is 1. The fourth-order valence-corrected chi connectivity index (χ4v) is 22.6. The molecule has 0 aliphatic carbocycles. The molecule has 542 valence electrons. The molecule has 5 aromatic heterocycles. The number of non-ortho nitro benzene ring substituents is 1. The van der Waals surface area contributed by atoms with Gasteiger partial charge in [-0.25, -0.2) is 0 Å². The Morgan fingerprint density at radius 3 is 1.49 bits per heavy atom. The summed E-state index contributed by atoms with van der Waals surface area (Å²) < 4.78 is 22.6. The molecule has 0 aliphatic heterocycles. The van der Waals surface area contributed by atoms with Crippen LogP contribution in [0.2, 0.25) is 13.3 Å². The fraction of sp³-hybridized carbons (Fsp3) is 0.368. The Balaban J connectivity index is 0.000000253. The van der Waals surface area contributed by atoms with Crippen molar-refractivity contribution in [2.24, 2.45) is 3.34 Å². The number of unbranched alkanes of at least 4 members (excludes halogenated alkanes) is 3. The van der Waals surface area contributed by atoms with E-state index in [0.717, 1.165) is 81.6 Å². The van der Waals surface area contributed by atoms with E-state index in [1.165, 1.54) is 95.7 Å². The number of aromatic nitrogens is 12. The Bertz CT molecular complexity index is 4400. The molecule has 0 fully saturated rings. The van der Waals surface area contributed by atoms with Crippen LogP contribution in [0.1, 0.15) is 104 Å². The molecule has 0 saturated heterocycles. The number of halogens is 2. The van der Waals surface area contributed by atoms with Gasteiger partial charge in [0.2, 0.25) is 20.4 Å². The van der Waals surface area contributed by atoms with Gasteiger partial charge in [-0.3, -0.25) is 20.2 Å². The van der Waals surface area contributed by atoms with Gasteiger partial charge in [-0.1, -0.05) is 111 Å². The normalized spacial score (nSPS) is 10.3. The third-order valence-electron chi connectivity index (χ3n) is 14.6. The predicted octanol–water partition coefficient (Wildman–Crippen LogP) is 14.6. The Kier molecular flexibility index (Phi) is 39.1. The number of carbonyl (C=O) groups excluding carboxylic acids is 2. The van der Waals surface area contributed by atoms with Gasteiger partial charge in [0.15, 0.2) is 5.82 Å². The van der Waals surface area contributed by atoms with Gasteiger partial charge in [0.05, 0.1) is 47.1 Å². The number of rotatable bonds is 26.